The van der Waals surface area contributed by atoms with Crippen molar-refractivity contribution in [3.63, 3.8) is 0 Å². The SMILES string of the molecule is COc1cncc(C(=O)c2cc(F)ccc2Br)c1. The molecule has 92 valence electrons. The van der Waals surface area contributed by atoms with Gasteiger partial charge in [-0.3, -0.25) is 9.78 Å². The molecular weight excluding hydrogens is 301 g/mol. The van der Waals surface area contributed by atoms with Crippen molar-refractivity contribution in [3.05, 3.63) is 58.1 Å². The quantitative estimate of drug-likeness (QED) is 0.817. The standard InChI is InChI=1S/C13H9BrFNO2/c1-18-10-4-8(6-16-7-10)13(17)11-5-9(15)2-3-12(11)14/h2-7H,1H3. The Labute approximate surface area is 112 Å². The number of methoxy groups -OCH3 is 1. The Hall–Kier alpha value is -1.75. The molecule has 5 heteroatoms. The van der Waals surface area contributed by atoms with Gasteiger partial charge in [0.15, 0.2) is 5.78 Å². The van der Waals surface area contributed by atoms with Crippen LogP contribution in [0.25, 0.3) is 0 Å². The van der Waals surface area contributed by atoms with Crippen molar-refractivity contribution in [1.82, 2.24) is 4.98 Å². The molecule has 0 unspecified atom stereocenters. The number of pyridine rings is 1. The second-order valence-corrected chi connectivity index (χ2v) is 4.42. The number of carbonyl (C=O) groups excluding carboxylic acids is 1. The number of hydrogen-bond donors (Lipinski definition) is 0. The second kappa shape index (κ2) is 5.27. The Morgan fingerprint density at radius 1 is 1.33 bits per heavy atom. The summed E-state index contributed by atoms with van der Waals surface area (Å²) in [5, 5.41) is 0. The number of nitrogens with zero attached hydrogens (tertiary/aromatic N) is 1. The van der Waals surface area contributed by atoms with Crippen LogP contribution >= 0.6 is 15.9 Å². The van der Waals surface area contributed by atoms with Gasteiger partial charge in [-0.2, -0.15) is 0 Å². The van der Waals surface area contributed by atoms with Crippen LogP contribution in [0, 0.1) is 5.82 Å². The maximum absolute atomic E-state index is 13.2. The van der Waals surface area contributed by atoms with Gasteiger partial charge in [-0.05, 0) is 24.3 Å². The van der Waals surface area contributed by atoms with E-state index in [0.717, 1.165) is 0 Å². The lowest BCUT2D eigenvalue weighted by molar-refractivity contribution is 0.103. The molecule has 18 heavy (non-hydrogen) atoms. The Bertz CT molecular complexity index is 601. The summed E-state index contributed by atoms with van der Waals surface area (Å²) in [5.74, 6) is -0.293. The lowest BCUT2D eigenvalue weighted by Crippen LogP contribution is -2.04. The molecule has 0 radical (unpaired) electrons. The third kappa shape index (κ3) is 2.56. The minimum absolute atomic E-state index is 0.255. The highest BCUT2D eigenvalue weighted by atomic mass is 79.9. The molecule has 0 atom stereocenters. The van der Waals surface area contributed by atoms with E-state index in [-0.39, 0.29) is 11.3 Å². The fourth-order valence-electron chi connectivity index (χ4n) is 1.48. The highest BCUT2D eigenvalue weighted by Crippen LogP contribution is 2.22. The summed E-state index contributed by atoms with van der Waals surface area (Å²) in [4.78, 5) is 16.1. The van der Waals surface area contributed by atoms with Gasteiger partial charge < -0.3 is 4.74 Å². The molecule has 2 rings (SSSR count). The lowest BCUT2D eigenvalue weighted by Gasteiger charge is -2.05. The number of ketones is 1. The van der Waals surface area contributed by atoms with E-state index in [0.29, 0.717) is 15.8 Å². The zero-order valence-corrected chi connectivity index (χ0v) is 11.1. The van der Waals surface area contributed by atoms with Crippen LogP contribution in [0.15, 0.2) is 41.1 Å². The summed E-state index contributed by atoms with van der Waals surface area (Å²) in [6.07, 6.45) is 2.92. The number of rotatable bonds is 3. The first-order chi connectivity index (χ1) is 8.61. The first-order valence-corrected chi connectivity index (χ1v) is 5.90. The van der Waals surface area contributed by atoms with Crippen molar-refractivity contribution in [1.29, 1.82) is 0 Å². The summed E-state index contributed by atoms with van der Waals surface area (Å²) >= 11 is 3.22. The largest absolute Gasteiger partial charge is 0.495 e. The van der Waals surface area contributed by atoms with Crippen LogP contribution in [0.3, 0.4) is 0 Å². The van der Waals surface area contributed by atoms with E-state index < -0.39 is 5.82 Å². The van der Waals surface area contributed by atoms with Crippen LogP contribution in [-0.4, -0.2) is 17.9 Å². The van der Waals surface area contributed by atoms with Crippen LogP contribution in [0.5, 0.6) is 5.75 Å². The van der Waals surface area contributed by atoms with E-state index in [2.05, 4.69) is 20.9 Å². The van der Waals surface area contributed by atoms with Gasteiger partial charge in [0.2, 0.25) is 0 Å². The maximum atomic E-state index is 13.2. The molecule has 3 nitrogen and oxygen atoms in total. The molecule has 0 aliphatic carbocycles. The molecule has 0 amide bonds. The van der Waals surface area contributed by atoms with Crippen LogP contribution in [-0.2, 0) is 0 Å². The van der Waals surface area contributed by atoms with Crippen LogP contribution in [0.2, 0.25) is 0 Å². The highest BCUT2D eigenvalue weighted by Gasteiger charge is 2.14. The average molecular weight is 310 g/mol. The predicted molar refractivity (Wildman–Crippen MR) is 68.3 cm³/mol. The first-order valence-electron chi connectivity index (χ1n) is 5.10. The summed E-state index contributed by atoms with van der Waals surface area (Å²) < 4.78 is 18.7. The molecule has 0 aliphatic heterocycles. The molecule has 0 saturated heterocycles. The molecule has 1 aromatic carbocycles. The Morgan fingerprint density at radius 3 is 2.83 bits per heavy atom. The van der Waals surface area contributed by atoms with Gasteiger partial charge in [-0.25, -0.2) is 4.39 Å². The van der Waals surface area contributed by atoms with E-state index in [1.54, 1.807) is 6.07 Å². The third-order valence-electron chi connectivity index (χ3n) is 2.38. The number of benzene rings is 1. The van der Waals surface area contributed by atoms with E-state index in [1.807, 2.05) is 0 Å². The third-order valence-corrected chi connectivity index (χ3v) is 3.08. The second-order valence-electron chi connectivity index (χ2n) is 3.57. The highest BCUT2D eigenvalue weighted by molar-refractivity contribution is 9.10. The predicted octanol–water partition coefficient (Wildman–Crippen LogP) is 3.22. The van der Waals surface area contributed by atoms with Crippen LogP contribution in [0.4, 0.5) is 4.39 Å². The van der Waals surface area contributed by atoms with Crippen molar-refractivity contribution in [3.8, 4) is 5.75 Å². The molecule has 0 N–H and O–H groups in total. The van der Waals surface area contributed by atoms with Gasteiger partial charge in [0.1, 0.15) is 11.6 Å². The van der Waals surface area contributed by atoms with Gasteiger partial charge in [0.05, 0.1) is 13.3 Å². The van der Waals surface area contributed by atoms with Crippen molar-refractivity contribution in [2.24, 2.45) is 0 Å². The number of ether oxygens (including phenoxy) is 1. The number of hydrogen-bond acceptors (Lipinski definition) is 3. The molecule has 2 aromatic rings. The smallest absolute Gasteiger partial charge is 0.195 e. The van der Waals surface area contributed by atoms with Gasteiger partial charge in [0, 0.05) is 21.8 Å². The molecule has 0 spiro atoms. The Morgan fingerprint density at radius 2 is 2.11 bits per heavy atom. The fourth-order valence-corrected chi connectivity index (χ4v) is 1.91. The molecule has 0 bridgehead atoms. The molecule has 1 heterocycles. The molecule has 0 fully saturated rings. The number of carbonyl (C=O) groups is 1. The molecule has 0 saturated carbocycles. The van der Waals surface area contributed by atoms with Crippen molar-refractivity contribution < 1.29 is 13.9 Å². The van der Waals surface area contributed by atoms with E-state index in [1.165, 1.54) is 37.7 Å². The number of aromatic nitrogens is 1. The van der Waals surface area contributed by atoms with E-state index in [9.17, 15) is 9.18 Å². The van der Waals surface area contributed by atoms with E-state index >= 15 is 0 Å². The van der Waals surface area contributed by atoms with Crippen LogP contribution in [0.1, 0.15) is 15.9 Å². The van der Waals surface area contributed by atoms with Gasteiger partial charge in [-0.1, -0.05) is 15.9 Å². The molecule has 1 aromatic heterocycles. The summed E-state index contributed by atoms with van der Waals surface area (Å²) in [7, 11) is 1.49. The normalized spacial score (nSPS) is 10.2. The zero-order chi connectivity index (χ0) is 13.1. The van der Waals surface area contributed by atoms with Crippen molar-refractivity contribution >= 4 is 21.7 Å². The van der Waals surface area contributed by atoms with Gasteiger partial charge in [0.25, 0.3) is 0 Å². The van der Waals surface area contributed by atoms with Gasteiger partial charge in [-0.15, -0.1) is 0 Å². The Balaban J connectivity index is 2.44. The summed E-state index contributed by atoms with van der Waals surface area (Å²) in [6, 6.07) is 5.53. The van der Waals surface area contributed by atoms with Crippen molar-refractivity contribution in [2.45, 2.75) is 0 Å². The minimum atomic E-state index is -0.461. The minimum Gasteiger partial charge on any atom is -0.495 e. The topological polar surface area (TPSA) is 39.2 Å². The molecule has 0 aliphatic rings. The maximum Gasteiger partial charge on any atom is 0.195 e. The fraction of sp³-hybridized carbons (Fsp3) is 0.0769. The Kier molecular flexibility index (Phi) is 3.72. The van der Waals surface area contributed by atoms with Crippen molar-refractivity contribution in [2.75, 3.05) is 7.11 Å². The monoisotopic (exact) mass is 309 g/mol. The lowest BCUT2D eigenvalue weighted by atomic mass is 10.0. The summed E-state index contributed by atoms with van der Waals surface area (Å²) in [6.45, 7) is 0. The number of halogens is 2. The average Bonchev–Trinajstić information content (AvgIpc) is 2.41. The molecular formula is C13H9BrFNO2. The summed E-state index contributed by atoms with van der Waals surface area (Å²) in [5.41, 5.74) is 0.603. The van der Waals surface area contributed by atoms with E-state index in [4.69, 9.17) is 4.74 Å². The van der Waals surface area contributed by atoms with Crippen LogP contribution < -0.4 is 4.74 Å². The first kappa shape index (κ1) is 12.7. The van der Waals surface area contributed by atoms with Gasteiger partial charge >= 0.3 is 0 Å². The zero-order valence-electron chi connectivity index (χ0n) is 9.48.